The minimum atomic E-state index is 0.125. The summed E-state index contributed by atoms with van der Waals surface area (Å²) in [6, 6.07) is 19.1. The zero-order chi connectivity index (χ0) is 13.7. The fourth-order valence-corrected chi connectivity index (χ4v) is 2.62. The van der Waals surface area contributed by atoms with Gasteiger partial charge in [-0.3, -0.25) is 0 Å². The lowest BCUT2D eigenvalue weighted by atomic mass is 9.97. The summed E-state index contributed by atoms with van der Waals surface area (Å²) in [5.74, 6) is 0.677. The van der Waals surface area contributed by atoms with Gasteiger partial charge in [0.2, 0.25) is 0 Å². The highest BCUT2D eigenvalue weighted by molar-refractivity contribution is 6.20. The molecular formula is C18H21Cl. The first-order valence-electron chi connectivity index (χ1n) is 7.00. The Hall–Kier alpha value is -1.27. The van der Waals surface area contributed by atoms with Crippen LogP contribution in [0.3, 0.4) is 0 Å². The van der Waals surface area contributed by atoms with Crippen LogP contribution in [-0.2, 0) is 0 Å². The van der Waals surface area contributed by atoms with Gasteiger partial charge in [-0.15, -0.1) is 11.6 Å². The molecule has 0 aromatic heterocycles. The van der Waals surface area contributed by atoms with Gasteiger partial charge in [-0.25, -0.2) is 0 Å². The molecule has 0 saturated heterocycles. The van der Waals surface area contributed by atoms with E-state index in [4.69, 9.17) is 11.6 Å². The highest BCUT2D eigenvalue weighted by atomic mass is 35.5. The Balaban J connectivity index is 2.10. The van der Waals surface area contributed by atoms with Crippen LogP contribution in [0.15, 0.2) is 54.6 Å². The Morgan fingerprint density at radius 3 is 2.05 bits per heavy atom. The second kappa shape index (κ2) is 6.77. The molecule has 0 bridgehead atoms. The van der Waals surface area contributed by atoms with Gasteiger partial charge in [0.25, 0.3) is 0 Å². The average Bonchev–Trinajstić information content (AvgIpc) is 2.48. The number of rotatable bonds is 5. The number of benzene rings is 2. The minimum absolute atomic E-state index is 0.125. The van der Waals surface area contributed by atoms with E-state index in [1.807, 2.05) is 6.07 Å². The van der Waals surface area contributed by atoms with E-state index in [0.717, 1.165) is 6.42 Å². The van der Waals surface area contributed by atoms with Crippen LogP contribution in [0.1, 0.15) is 37.6 Å². The maximum absolute atomic E-state index is 6.48. The summed E-state index contributed by atoms with van der Waals surface area (Å²) in [4.78, 5) is 0. The predicted octanol–water partition coefficient (Wildman–Crippen LogP) is 6.07. The zero-order valence-electron chi connectivity index (χ0n) is 11.6. The van der Waals surface area contributed by atoms with E-state index in [2.05, 4.69) is 62.4 Å². The number of hydrogen-bond donors (Lipinski definition) is 0. The summed E-state index contributed by atoms with van der Waals surface area (Å²) in [5, 5.41) is 0.125. The van der Waals surface area contributed by atoms with E-state index in [-0.39, 0.29) is 5.38 Å². The molecule has 0 nitrogen and oxygen atoms in total. The average molecular weight is 273 g/mol. The molecule has 19 heavy (non-hydrogen) atoms. The molecule has 0 N–H and O–H groups in total. The fraction of sp³-hybridized carbons (Fsp3) is 0.333. The molecular weight excluding hydrogens is 252 g/mol. The predicted molar refractivity (Wildman–Crippen MR) is 84.5 cm³/mol. The first-order valence-corrected chi connectivity index (χ1v) is 7.43. The van der Waals surface area contributed by atoms with Crippen LogP contribution in [0.2, 0.25) is 0 Å². The Kier molecular flexibility index (Phi) is 5.04. The first kappa shape index (κ1) is 14.1. The molecule has 2 aromatic rings. The third-order valence-corrected chi connectivity index (χ3v) is 4.12. The van der Waals surface area contributed by atoms with Crippen molar-refractivity contribution in [2.45, 2.75) is 32.1 Å². The van der Waals surface area contributed by atoms with Gasteiger partial charge in [0, 0.05) is 0 Å². The molecule has 0 fully saturated rings. The van der Waals surface area contributed by atoms with Gasteiger partial charge in [0.05, 0.1) is 5.38 Å². The second-order valence-electron chi connectivity index (χ2n) is 5.20. The van der Waals surface area contributed by atoms with Crippen LogP contribution in [0.25, 0.3) is 11.1 Å². The SMILES string of the molecule is CCC(C)CC(Cl)c1ccc(-c2ccccc2)cc1. The summed E-state index contributed by atoms with van der Waals surface area (Å²) in [5.41, 5.74) is 3.72. The lowest BCUT2D eigenvalue weighted by molar-refractivity contribution is 0.508. The van der Waals surface area contributed by atoms with Crippen molar-refractivity contribution in [1.82, 2.24) is 0 Å². The normalized spacial score (nSPS) is 14.1. The molecule has 0 aliphatic rings. The maximum atomic E-state index is 6.48. The van der Waals surface area contributed by atoms with E-state index in [0.29, 0.717) is 5.92 Å². The Bertz CT molecular complexity index is 487. The third kappa shape index (κ3) is 3.84. The van der Waals surface area contributed by atoms with Crippen LogP contribution in [-0.4, -0.2) is 0 Å². The van der Waals surface area contributed by atoms with Crippen molar-refractivity contribution in [2.24, 2.45) is 5.92 Å². The van der Waals surface area contributed by atoms with Crippen LogP contribution in [0, 0.1) is 5.92 Å². The molecule has 0 amide bonds. The Morgan fingerprint density at radius 2 is 1.47 bits per heavy atom. The molecule has 2 aromatic carbocycles. The molecule has 2 atom stereocenters. The molecule has 2 rings (SSSR count). The lowest BCUT2D eigenvalue weighted by Crippen LogP contribution is -1.98. The molecule has 0 heterocycles. The molecule has 0 radical (unpaired) electrons. The van der Waals surface area contributed by atoms with Crippen LogP contribution >= 0.6 is 11.6 Å². The van der Waals surface area contributed by atoms with Crippen molar-refractivity contribution in [3.05, 3.63) is 60.2 Å². The fourth-order valence-electron chi connectivity index (χ4n) is 2.17. The second-order valence-corrected chi connectivity index (χ2v) is 5.73. The number of alkyl halides is 1. The summed E-state index contributed by atoms with van der Waals surface area (Å²) >= 11 is 6.48. The van der Waals surface area contributed by atoms with Gasteiger partial charge in [-0.2, -0.15) is 0 Å². The third-order valence-electron chi connectivity index (χ3n) is 3.69. The highest BCUT2D eigenvalue weighted by Crippen LogP contribution is 2.30. The van der Waals surface area contributed by atoms with Gasteiger partial charge in [-0.05, 0) is 29.0 Å². The van der Waals surface area contributed by atoms with Crippen molar-refractivity contribution in [2.75, 3.05) is 0 Å². The van der Waals surface area contributed by atoms with Gasteiger partial charge in [0.15, 0.2) is 0 Å². The largest absolute Gasteiger partial charge is 0.118 e. The number of halogens is 1. The monoisotopic (exact) mass is 272 g/mol. The summed E-state index contributed by atoms with van der Waals surface area (Å²) in [6.45, 7) is 4.47. The highest BCUT2D eigenvalue weighted by Gasteiger charge is 2.11. The Morgan fingerprint density at radius 1 is 0.895 bits per heavy atom. The van der Waals surface area contributed by atoms with E-state index in [9.17, 15) is 0 Å². The van der Waals surface area contributed by atoms with E-state index in [1.54, 1.807) is 0 Å². The molecule has 1 heteroatoms. The molecule has 2 unspecified atom stereocenters. The lowest BCUT2D eigenvalue weighted by Gasteiger charge is -2.14. The first-order chi connectivity index (χ1) is 9.20. The number of hydrogen-bond acceptors (Lipinski definition) is 0. The van der Waals surface area contributed by atoms with Crippen molar-refractivity contribution < 1.29 is 0 Å². The molecule has 0 aliphatic carbocycles. The van der Waals surface area contributed by atoms with Crippen LogP contribution in [0.5, 0.6) is 0 Å². The van der Waals surface area contributed by atoms with E-state index < -0.39 is 0 Å². The Labute approximate surface area is 121 Å². The summed E-state index contributed by atoms with van der Waals surface area (Å²) < 4.78 is 0. The van der Waals surface area contributed by atoms with Gasteiger partial charge < -0.3 is 0 Å². The van der Waals surface area contributed by atoms with Gasteiger partial charge in [-0.1, -0.05) is 74.9 Å². The van der Waals surface area contributed by atoms with E-state index in [1.165, 1.54) is 23.1 Å². The van der Waals surface area contributed by atoms with E-state index >= 15 is 0 Å². The van der Waals surface area contributed by atoms with Crippen molar-refractivity contribution >= 4 is 11.6 Å². The topological polar surface area (TPSA) is 0 Å². The van der Waals surface area contributed by atoms with Crippen molar-refractivity contribution in [1.29, 1.82) is 0 Å². The van der Waals surface area contributed by atoms with Gasteiger partial charge >= 0.3 is 0 Å². The minimum Gasteiger partial charge on any atom is -0.118 e. The smallest absolute Gasteiger partial charge is 0.0587 e. The standard InChI is InChI=1S/C18H21Cl/c1-3-14(2)13-18(19)17-11-9-16(10-12-17)15-7-5-4-6-8-15/h4-12,14,18H,3,13H2,1-2H3. The molecule has 0 spiro atoms. The maximum Gasteiger partial charge on any atom is 0.0587 e. The quantitative estimate of drug-likeness (QED) is 0.580. The van der Waals surface area contributed by atoms with Crippen LogP contribution < -0.4 is 0 Å². The van der Waals surface area contributed by atoms with Crippen LogP contribution in [0.4, 0.5) is 0 Å². The molecule has 0 aliphatic heterocycles. The summed E-state index contributed by atoms with van der Waals surface area (Å²) in [7, 11) is 0. The molecule has 100 valence electrons. The van der Waals surface area contributed by atoms with Crippen molar-refractivity contribution in [3.8, 4) is 11.1 Å². The van der Waals surface area contributed by atoms with Gasteiger partial charge in [0.1, 0.15) is 0 Å². The van der Waals surface area contributed by atoms with Crippen molar-refractivity contribution in [3.63, 3.8) is 0 Å². The molecule has 0 saturated carbocycles. The summed E-state index contributed by atoms with van der Waals surface area (Å²) in [6.07, 6.45) is 2.23. The zero-order valence-corrected chi connectivity index (χ0v) is 12.4.